The maximum atomic E-state index is 6.56. The Kier molecular flexibility index (Phi) is 7.17. The van der Waals surface area contributed by atoms with Crippen molar-refractivity contribution in [2.24, 2.45) is 0 Å². The van der Waals surface area contributed by atoms with Crippen LogP contribution in [0.5, 0.6) is 0 Å². The topological polar surface area (TPSA) is 51.8 Å². The molecule has 11 rings (SSSR count). The molecule has 0 spiro atoms. The smallest absolute Gasteiger partial charge is 0.164 e. The molecule has 56 heavy (non-hydrogen) atoms. The summed E-state index contributed by atoms with van der Waals surface area (Å²) in [5.74, 6) is 1.84. The molecule has 0 saturated carbocycles. The first kappa shape index (κ1) is 32.3. The zero-order chi connectivity index (χ0) is 37.4. The Labute approximate surface area is 324 Å². The summed E-state index contributed by atoms with van der Waals surface area (Å²) in [7, 11) is 0. The quantitative estimate of drug-likeness (QED) is 0.178. The summed E-state index contributed by atoms with van der Waals surface area (Å²) in [4.78, 5) is 15.1. The van der Waals surface area contributed by atoms with E-state index in [4.69, 9.17) is 19.4 Å². The lowest BCUT2D eigenvalue weighted by molar-refractivity contribution is 0.660. The second kappa shape index (κ2) is 12.4. The summed E-state index contributed by atoms with van der Waals surface area (Å²) in [6.45, 7) is 4.67. The lowest BCUT2D eigenvalue weighted by Gasteiger charge is -2.22. The zero-order valence-electron chi connectivity index (χ0n) is 31.0. The molecule has 0 amide bonds. The molecular formula is C52H35N3O. The van der Waals surface area contributed by atoms with Gasteiger partial charge >= 0.3 is 0 Å². The molecule has 0 aliphatic heterocycles. The Bertz CT molecular complexity index is 3160. The number of hydrogen-bond donors (Lipinski definition) is 0. The molecule has 2 heterocycles. The zero-order valence-corrected chi connectivity index (χ0v) is 31.0. The van der Waals surface area contributed by atoms with E-state index in [0.29, 0.717) is 17.5 Å². The molecule has 4 heteroatoms. The number of nitrogens with zero attached hydrogens (tertiary/aromatic N) is 3. The van der Waals surface area contributed by atoms with Gasteiger partial charge in [-0.25, -0.2) is 15.0 Å². The lowest BCUT2D eigenvalue weighted by atomic mass is 9.81. The summed E-state index contributed by atoms with van der Waals surface area (Å²) in [6.07, 6.45) is 0. The van der Waals surface area contributed by atoms with Gasteiger partial charge in [-0.2, -0.15) is 0 Å². The predicted molar refractivity (Wildman–Crippen MR) is 229 cm³/mol. The molecular weight excluding hydrogens is 683 g/mol. The van der Waals surface area contributed by atoms with Crippen molar-refractivity contribution in [1.29, 1.82) is 0 Å². The van der Waals surface area contributed by atoms with Gasteiger partial charge in [-0.3, -0.25) is 0 Å². The van der Waals surface area contributed by atoms with Gasteiger partial charge in [0, 0.05) is 32.9 Å². The summed E-state index contributed by atoms with van der Waals surface area (Å²) in [5.41, 5.74) is 14.5. The normalized spacial score (nSPS) is 13.0. The predicted octanol–water partition coefficient (Wildman–Crippen LogP) is 13.6. The number of furan rings is 1. The molecule has 1 aliphatic carbocycles. The molecule has 0 fully saturated rings. The third kappa shape index (κ3) is 5.18. The minimum Gasteiger partial charge on any atom is -0.456 e. The number of aromatic nitrogens is 3. The molecule has 0 unspecified atom stereocenters. The van der Waals surface area contributed by atoms with Crippen molar-refractivity contribution >= 4 is 32.7 Å². The molecule has 1 aliphatic rings. The Morgan fingerprint density at radius 1 is 0.375 bits per heavy atom. The highest BCUT2D eigenvalue weighted by Crippen LogP contribution is 2.49. The van der Waals surface area contributed by atoms with Crippen LogP contribution in [0.1, 0.15) is 25.0 Å². The van der Waals surface area contributed by atoms with Crippen LogP contribution in [0.2, 0.25) is 0 Å². The summed E-state index contributed by atoms with van der Waals surface area (Å²) in [5, 5.41) is 4.52. The van der Waals surface area contributed by atoms with Crippen molar-refractivity contribution < 1.29 is 4.42 Å². The monoisotopic (exact) mass is 717 g/mol. The molecule has 0 saturated heterocycles. The first-order valence-corrected chi connectivity index (χ1v) is 19.1. The second-order valence-electron chi connectivity index (χ2n) is 15.2. The van der Waals surface area contributed by atoms with Crippen LogP contribution >= 0.6 is 0 Å². The molecule has 264 valence electrons. The van der Waals surface area contributed by atoms with Crippen LogP contribution < -0.4 is 0 Å². The lowest BCUT2D eigenvalue weighted by Crippen LogP contribution is -2.14. The molecule has 10 aromatic rings. The fraction of sp³-hybridized carbons (Fsp3) is 0.0577. The van der Waals surface area contributed by atoms with E-state index >= 15 is 0 Å². The SMILES string of the molecule is CC1(C)c2ccccc2-c2ccc(-c3ccc4c(ccc5oc6cc(-c7nc(-c8ccccc8)nc(-c8cccc(-c9ccccc9)c8)n7)ccc6c54)c3)cc21. The van der Waals surface area contributed by atoms with E-state index in [1.807, 2.05) is 36.4 Å². The highest BCUT2D eigenvalue weighted by atomic mass is 16.3. The summed E-state index contributed by atoms with van der Waals surface area (Å²) in [6, 6.07) is 62.0. The van der Waals surface area contributed by atoms with Gasteiger partial charge in [0.05, 0.1) is 0 Å². The van der Waals surface area contributed by atoms with Crippen LogP contribution in [0.15, 0.2) is 180 Å². The largest absolute Gasteiger partial charge is 0.456 e. The Morgan fingerprint density at radius 3 is 1.75 bits per heavy atom. The van der Waals surface area contributed by atoms with Gasteiger partial charge in [0.15, 0.2) is 17.5 Å². The van der Waals surface area contributed by atoms with Crippen molar-refractivity contribution in [1.82, 2.24) is 15.0 Å². The molecule has 0 atom stereocenters. The minimum atomic E-state index is -0.0427. The van der Waals surface area contributed by atoms with Crippen molar-refractivity contribution in [2.45, 2.75) is 19.3 Å². The van der Waals surface area contributed by atoms with E-state index in [2.05, 4.69) is 153 Å². The van der Waals surface area contributed by atoms with Crippen LogP contribution in [0.3, 0.4) is 0 Å². The molecule has 4 nitrogen and oxygen atoms in total. The molecule has 0 bridgehead atoms. The fourth-order valence-electron chi connectivity index (χ4n) is 8.63. The number of rotatable bonds is 5. The van der Waals surface area contributed by atoms with Crippen LogP contribution in [-0.4, -0.2) is 15.0 Å². The van der Waals surface area contributed by atoms with Gasteiger partial charge in [-0.15, -0.1) is 0 Å². The van der Waals surface area contributed by atoms with Gasteiger partial charge in [0.1, 0.15) is 11.2 Å². The van der Waals surface area contributed by atoms with E-state index in [1.165, 1.54) is 44.2 Å². The molecule has 0 N–H and O–H groups in total. The third-order valence-electron chi connectivity index (χ3n) is 11.5. The van der Waals surface area contributed by atoms with Gasteiger partial charge in [0.25, 0.3) is 0 Å². The average Bonchev–Trinajstić information content (AvgIpc) is 3.75. The summed E-state index contributed by atoms with van der Waals surface area (Å²) < 4.78 is 6.56. The Balaban J connectivity index is 0.995. The van der Waals surface area contributed by atoms with Gasteiger partial charge in [-0.1, -0.05) is 153 Å². The molecule has 8 aromatic carbocycles. The van der Waals surface area contributed by atoms with E-state index in [0.717, 1.165) is 49.8 Å². The number of hydrogen-bond acceptors (Lipinski definition) is 4. The van der Waals surface area contributed by atoms with Crippen LogP contribution in [0.25, 0.3) is 100 Å². The third-order valence-corrected chi connectivity index (χ3v) is 11.5. The maximum Gasteiger partial charge on any atom is 0.164 e. The van der Waals surface area contributed by atoms with Gasteiger partial charge in [0.2, 0.25) is 0 Å². The van der Waals surface area contributed by atoms with Crippen molar-refractivity contribution in [3.63, 3.8) is 0 Å². The minimum absolute atomic E-state index is 0.0427. The van der Waals surface area contributed by atoms with E-state index < -0.39 is 0 Å². The highest BCUT2D eigenvalue weighted by Gasteiger charge is 2.35. The number of fused-ring (bicyclic) bond motifs is 8. The maximum absolute atomic E-state index is 6.56. The molecule has 0 radical (unpaired) electrons. The fourth-order valence-corrected chi connectivity index (χ4v) is 8.63. The van der Waals surface area contributed by atoms with E-state index in [9.17, 15) is 0 Å². The van der Waals surface area contributed by atoms with Crippen LogP contribution in [-0.2, 0) is 5.41 Å². The number of benzene rings is 8. The first-order chi connectivity index (χ1) is 27.5. The Morgan fingerprint density at radius 2 is 0.946 bits per heavy atom. The Hall–Kier alpha value is -7.17. The highest BCUT2D eigenvalue weighted by molar-refractivity contribution is 6.19. The summed E-state index contributed by atoms with van der Waals surface area (Å²) >= 11 is 0. The van der Waals surface area contributed by atoms with Crippen molar-refractivity contribution in [3.8, 4) is 67.5 Å². The van der Waals surface area contributed by atoms with Crippen molar-refractivity contribution in [3.05, 3.63) is 187 Å². The van der Waals surface area contributed by atoms with Crippen LogP contribution in [0, 0.1) is 0 Å². The molecule has 2 aromatic heterocycles. The van der Waals surface area contributed by atoms with E-state index in [-0.39, 0.29) is 5.41 Å². The van der Waals surface area contributed by atoms with Crippen molar-refractivity contribution in [2.75, 3.05) is 0 Å². The van der Waals surface area contributed by atoms with Crippen LogP contribution in [0.4, 0.5) is 0 Å². The van der Waals surface area contributed by atoms with Gasteiger partial charge < -0.3 is 4.42 Å². The first-order valence-electron chi connectivity index (χ1n) is 19.1. The standard InChI is InChI=1S/C52H35N3O/c1-52(2)44-19-10-9-18-41(44)42-25-21-36(30-45(42)52)35-20-24-40-37(28-35)23-27-46-48(40)43-26-22-39(31-47(43)56-46)51-54-49(33-14-7-4-8-15-33)53-50(55-51)38-17-11-16-34(29-38)32-12-5-3-6-13-32/h3-31H,1-2H3. The van der Waals surface area contributed by atoms with E-state index in [1.54, 1.807) is 0 Å². The average molecular weight is 718 g/mol. The van der Waals surface area contributed by atoms with Gasteiger partial charge in [-0.05, 0) is 91.7 Å². The second-order valence-corrected chi connectivity index (χ2v) is 15.2.